The van der Waals surface area contributed by atoms with Gasteiger partial charge in [-0.1, -0.05) is 32.4 Å². The molecular formula is C14H20O3. The normalized spacial score (nSPS) is 14.1. The molecule has 0 amide bonds. The first kappa shape index (κ1) is 13.6. The number of carboxylic acid groups (broad SMARTS) is 1. The molecule has 0 aromatic heterocycles. The molecule has 1 aromatic rings. The predicted molar refractivity (Wildman–Crippen MR) is 67.4 cm³/mol. The van der Waals surface area contributed by atoms with Gasteiger partial charge in [-0.05, 0) is 30.0 Å². The quantitative estimate of drug-likeness (QED) is 0.824. The second kappa shape index (κ2) is 6.28. The smallest absolute Gasteiger partial charge is 0.311 e. The zero-order valence-electron chi connectivity index (χ0n) is 10.6. The molecule has 1 aromatic carbocycles. The third-order valence-corrected chi connectivity index (χ3v) is 3.05. The van der Waals surface area contributed by atoms with E-state index in [1.54, 1.807) is 7.11 Å². The number of methoxy groups -OCH3 is 1. The molecule has 2 atom stereocenters. The zero-order valence-corrected chi connectivity index (χ0v) is 10.6. The van der Waals surface area contributed by atoms with E-state index in [-0.39, 0.29) is 5.92 Å². The Bertz CT molecular complexity index is 356. The minimum Gasteiger partial charge on any atom is -0.497 e. The van der Waals surface area contributed by atoms with Gasteiger partial charge in [0.25, 0.3) is 0 Å². The fourth-order valence-electron chi connectivity index (χ4n) is 2.15. The van der Waals surface area contributed by atoms with Gasteiger partial charge in [0.15, 0.2) is 0 Å². The Balaban J connectivity index is 2.93. The predicted octanol–water partition coefficient (Wildman–Crippen LogP) is 3.30. The van der Waals surface area contributed by atoms with Crippen LogP contribution < -0.4 is 4.74 Å². The third kappa shape index (κ3) is 3.48. The maximum Gasteiger partial charge on any atom is 0.311 e. The SMILES string of the molecule is CCC[C@@H](C)[C@H](C(=O)O)c1ccc(OC)cc1. The molecule has 17 heavy (non-hydrogen) atoms. The van der Waals surface area contributed by atoms with Gasteiger partial charge in [-0.2, -0.15) is 0 Å². The molecule has 0 saturated heterocycles. The van der Waals surface area contributed by atoms with Crippen LogP contribution in [0.3, 0.4) is 0 Å². The van der Waals surface area contributed by atoms with Crippen LogP contribution in [0, 0.1) is 5.92 Å². The summed E-state index contributed by atoms with van der Waals surface area (Å²) >= 11 is 0. The fraction of sp³-hybridized carbons (Fsp3) is 0.500. The van der Waals surface area contributed by atoms with Crippen molar-refractivity contribution in [1.29, 1.82) is 0 Å². The highest BCUT2D eigenvalue weighted by Crippen LogP contribution is 2.29. The fourth-order valence-corrected chi connectivity index (χ4v) is 2.15. The second-order valence-electron chi connectivity index (χ2n) is 4.36. The lowest BCUT2D eigenvalue weighted by Gasteiger charge is -2.20. The Morgan fingerprint density at radius 3 is 2.35 bits per heavy atom. The molecule has 0 saturated carbocycles. The first-order valence-corrected chi connectivity index (χ1v) is 5.96. The summed E-state index contributed by atoms with van der Waals surface area (Å²) in [6.07, 6.45) is 1.92. The van der Waals surface area contributed by atoms with Crippen molar-refractivity contribution in [2.45, 2.75) is 32.6 Å². The highest BCUT2D eigenvalue weighted by Gasteiger charge is 2.25. The van der Waals surface area contributed by atoms with Crippen LogP contribution in [0.15, 0.2) is 24.3 Å². The molecule has 1 rings (SSSR count). The standard InChI is InChI=1S/C14H20O3/c1-4-5-10(2)13(14(15)16)11-6-8-12(17-3)9-7-11/h6-10,13H,4-5H2,1-3H3,(H,15,16)/t10-,13+/m1/s1. The Labute approximate surface area is 102 Å². The molecule has 3 heteroatoms. The number of benzene rings is 1. The first-order valence-electron chi connectivity index (χ1n) is 5.96. The molecule has 0 radical (unpaired) electrons. The van der Waals surface area contributed by atoms with E-state index in [9.17, 15) is 9.90 Å². The van der Waals surface area contributed by atoms with Crippen LogP contribution in [-0.4, -0.2) is 18.2 Å². The van der Waals surface area contributed by atoms with Crippen LogP contribution in [0.1, 0.15) is 38.2 Å². The first-order chi connectivity index (χ1) is 8.10. The van der Waals surface area contributed by atoms with Gasteiger partial charge in [0.1, 0.15) is 5.75 Å². The molecule has 0 aliphatic heterocycles. The van der Waals surface area contributed by atoms with E-state index in [1.807, 2.05) is 31.2 Å². The highest BCUT2D eigenvalue weighted by atomic mass is 16.5. The average molecular weight is 236 g/mol. The van der Waals surface area contributed by atoms with E-state index in [4.69, 9.17) is 4.74 Å². The summed E-state index contributed by atoms with van der Waals surface area (Å²) in [5.41, 5.74) is 0.847. The van der Waals surface area contributed by atoms with Crippen molar-refractivity contribution in [2.75, 3.05) is 7.11 Å². The van der Waals surface area contributed by atoms with Crippen LogP contribution >= 0.6 is 0 Å². The molecule has 0 aliphatic rings. The summed E-state index contributed by atoms with van der Waals surface area (Å²) in [5.74, 6) is -0.288. The van der Waals surface area contributed by atoms with Crippen molar-refractivity contribution in [3.8, 4) is 5.75 Å². The van der Waals surface area contributed by atoms with Gasteiger partial charge >= 0.3 is 5.97 Å². The second-order valence-corrected chi connectivity index (χ2v) is 4.36. The van der Waals surface area contributed by atoms with E-state index >= 15 is 0 Å². The van der Waals surface area contributed by atoms with Crippen molar-refractivity contribution in [3.05, 3.63) is 29.8 Å². The van der Waals surface area contributed by atoms with Gasteiger partial charge in [-0.25, -0.2) is 0 Å². The number of carbonyl (C=O) groups is 1. The van der Waals surface area contributed by atoms with E-state index in [1.165, 1.54) is 0 Å². The largest absolute Gasteiger partial charge is 0.497 e. The third-order valence-electron chi connectivity index (χ3n) is 3.05. The van der Waals surface area contributed by atoms with Gasteiger partial charge in [-0.3, -0.25) is 4.79 Å². The average Bonchev–Trinajstić information content (AvgIpc) is 2.30. The molecule has 0 spiro atoms. The zero-order chi connectivity index (χ0) is 12.8. The lowest BCUT2D eigenvalue weighted by Crippen LogP contribution is -2.19. The number of hydrogen-bond acceptors (Lipinski definition) is 2. The topological polar surface area (TPSA) is 46.5 Å². The Kier molecular flexibility index (Phi) is 5.01. The minimum absolute atomic E-state index is 0.144. The maximum absolute atomic E-state index is 11.3. The lowest BCUT2D eigenvalue weighted by molar-refractivity contribution is -0.140. The van der Waals surface area contributed by atoms with Crippen LogP contribution in [0.5, 0.6) is 5.75 Å². The summed E-state index contributed by atoms with van der Waals surface area (Å²) in [7, 11) is 1.60. The molecular weight excluding hydrogens is 216 g/mol. The van der Waals surface area contributed by atoms with Gasteiger partial charge in [0.2, 0.25) is 0 Å². The highest BCUT2D eigenvalue weighted by molar-refractivity contribution is 5.76. The number of ether oxygens (including phenoxy) is 1. The van der Waals surface area contributed by atoms with Crippen LogP contribution in [-0.2, 0) is 4.79 Å². The molecule has 0 bridgehead atoms. The number of aliphatic carboxylic acids is 1. The van der Waals surface area contributed by atoms with Crippen LogP contribution in [0.25, 0.3) is 0 Å². The summed E-state index contributed by atoms with van der Waals surface area (Å²) in [4.78, 5) is 11.3. The number of carboxylic acids is 1. The summed E-state index contributed by atoms with van der Waals surface area (Å²) < 4.78 is 5.07. The Morgan fingerprint density at radius 2 is 1.94 bits per heavy atom. The van der Waals surface area contributed by atoms with Crippen LogP contribution in [0.4, 0.5) is 0 Å². The maximum atomic E-state index is 11.3. The van der Waals surface area contributed by atoms with Gasteiger partial charge in [0.05, 0.1) is 13.0 Å². The van der Waals surface area contributed by atoms with E-state index in [0.29, 0.717) is 0 Å². The van der Waals surface area contributed by atoms with Crippen LogP contribution in [0.2, 0.25) is 0 Å². The Hall–Kier alpha value is -1.51. The molecule has 0 heterocycles. The summed E-state index contributed by atoms with van der Waals surface area (Å²) in [6, 6.07) is 7.29. The molecule has 0 fully saturated rings. The van der Waals surface area contributed by atoms with Crippen molar-refractivity contribution < 1.29 is 14.6 Å². The number of rotatable bonds is 6. The summed E-state index contributed by atoms with van der Waals surface area (Å²) in [5, 5.41) is 9.32. The Morgan fingerprint density at radius 1 is 1.35 bits per heavy atom. The van der Waals surface area contributed by atoms with Gasteiger partial charge < -0.3 is 9.84 Å². The molecule has 0 aliphatic carbocycles. The molecule has 3 nitrogen and oxygen atoms in total. The monoisotopic (exact) mass is 236 g/mol. The van der Waals surface area contributed by atoms with Crippen molar-refractivity contribution >= 4 is 5.97 Å². The van der Waals surface area contributed by atoms with Gasteiger partial charge in [0, 0.05) is 0 Å². The molecule has 1 N–H and O–H groups in total. The van der Waals surface area contributed by atoms with E-state index in [2.05, 4.69) is 6.92 Å². The van der Waals surface area contributed by atoms with Crippen molar-refractivity contribution in [1.82, 2.24) is 0 Å². The molecule has 94 valence electrons. The number of hydrogen-bond donors (Lipinski definition) is 1. The van der Waals surface area contributed by atoms with E-state index in [0.717, 1.165) is 24.2 Å². The lowest BCUT2D eigenvalue weighted by atomic mass is 9.84. The van der Waals surface area contributed by atoms with Gasteiger partial charge in [-0.15, -0.1) is 0 Å². The van der Waals surface area contributed by atoms with Crippen molar-refractivity contribution in [3.63, 3.8) is 0 Å². The van der Waals surface area contributed by atoms with Crippen molar-refractivity contribution in [2.24, 2.45) is 5.92 Å². The van der Waals surface area contributed by atoms with E-state index < -0.39 is 11.9 Å². The summed E-state index contributed by atoms with van der Waals surface area (Å²) in [6.45, 7) is 4.07. The minimum atomic E-state index is -0.754. The molecule has 0 unspecified atom stereocenters.